The van der Waals surface area contributed by atoms with E-state index in [9.17, 15) is 9.59 Å². The first-order valence-corrected chi connectivity index (χ1v) is 12.5. The van der Waals surface area contributed by atoms with Crippen molar-refractivity contribution >= 4 is 35.2 Å². The van der Waals surface area contributed by atoms with E-state index < -0.39 is 18.7 Å². The molecular weight excluding hydrogens is 472 g/mol. The van der Waals surface area contributed by atoms with Gasteiger partial charge in [-0.1, -0.05) is 0 Å². The Labute approximate surface area is 209 Å². The van der Waals surface area contributed by atoms with Gasteiger partial charge in [0.1, 0.15) is 18.5 Å². The van der Waals surface area contributed by atoms with Gasteiger partial charge in [-0.3, -0.25) is 4.57 Å². The summed E-state index contributed by atoms with van der Waals surface area (Å²) in [6.07, 6.45) is 6.45. The molecule has 1 atom stereocenters. The molecule has 0 aromatic carbocycles. The third kappa shape index (κ3) is 6.65. The normalized spacial score (nSPS) is 17.2. The Balaban J connectivity index is 1.39. The van der Waals surface area contributed by atoms with E-state index in [1.165, 1.54) is 10.9 Å². The van der Waals surface area contributed by atoms with Crippen LogP contribution in [0.1, 0.15) is 64.2 Å². The highest BCUT2D eigenvalue weighted by atomic mass is 16.8. The van der Waals surface area contributed by atoms with Gasteiger partial charge in [-0.2, -0.15) is 9.97 Å². The lowest BCUT2D eigenvalue weighted by Crippen LogP contribution is -2.24. The highest BCUT2D eigenvalue weighted by Gasteiger charge is 2.26. The van der Waals surface area contributed by atoms with Crippen LogP contribution in [-0.4, -0.2) is 71.3 Å². The van der Waals surface area contributed by atoms with Crippen molar-refractivity contribution < 1.29 is 33.3 Å². The highest BCUT2D eigenvalue weighted by Crippen LogP contribution is 2.26. The molecule has 0 aliphatic heterocycles. The van der Waals surface area contributed by atoms with Crippen molar-refractivity contribution in [3.05, 3.63) is 6.33 Å². The summed E-state index contributed by atoms with van der Waals surface area (Å²) in [6.45, 7) is 0.228. The first-order chi connectivity index (χ1) is 17.6. The van der Waals surface area contributed by atoms with Crippen molar-refractivity contribution in [2.24, 2.45) is 0 Å². The van der Waals surface area contributed by atoms with Gasteiger partial charge in [-0.25, -0.2) is 14.6 Å². The second kappa shape index (κ2) is 12.6. The molecule has 0 saturated heterocycles. The summed E-state index contributed by atoms with van der Waals surface area (Å²) in [5, 5.41) is 5.88. The lowest BCUT2D eigenvalue weighted by atomic mass is 10.3. The number of anilines is 2. The SMILES string of the molecule is CNc1nc(NC)c2ncn(C(OCCCOC(=O)OC3CCCC3)OC(=O)OC3CCCC3)c2n1. The van der Waals surface area contributed by atoms with Crippen LogP contribution >= 0.6 is 0 Å². The Bertz CT molecular complexity index is 1020. The minimum absolute atomic E-state index is 0.0566. The Morgan fingerprint density at radius 2 is 1.64 bits per heavy atom. The number of hydrogen-bond donors (Lipinski definition) is 2. The molecule has 2 aromatic rings. The van der Waals surface area contributed by atoms with E-state index in [1.54, 1.807) is 14.1 Å². The van der Waals surface area contributed by atoms with Crippen LogP contribution in [0, 0.1) is 0 Å². The third-order valence-electron chi connectivity index (χ3n) is 6.21. The summed E-state index contributed by atoms with van der Waals surface area (Å²) in [5.74, 6) is 0.861. The number of ether oxygens (including phenoxy) is 5. The summed E-state index contributed by atoms with van der Waals surface area (Å²) < 4.78 is 28.8. The van der Waals surface area contributed by atoms with Crippen molar-refractivity contribution in [1.29, 1.82) is 0 Å². The van der Waals surface area contributed by atoms with Gasteiger partial charge in [0.2, 0.25) is 5.95 Å². The number of aromatic nitrogens is 4. The molecule has 2 fully saturated rings. The van der Waals surface area contributed by atoms with Crippen molar-refractivity contribution in [2.45, 2.75) is 76.4 Å². The van der Waals surface area contributed by atoms with Crippen LogP contribution in [-0.2, 0) is 23.7 Å². The van der Waals surface area contributed by atoms with Crippen LogP contribution in [0.5, 0.6) is 0 Å². The fraction of sp³-hybridized carbons (Fsp3) is 0.696. The Hall–Kier alpha value is -3.35. The average Bonchev–Trinajstić information content (AvgIpc) is 3.65. The molecule has 0 spiro atoms. The minimum atomic E-state index is -1.20. The van der Waals surface area contributed by atoms with Gasteiger partial charge < -0.3 is 34.3 Å². The zero-order valence-corrected chi connectivity index (χ0v) is 20.7. The second-order valence-electron chi connectivity index (χ2n) is 8.77. The molecule has 0 bridgehead atoms. The zero-order valence-electron chi connectivity index (χ0n) is 20.7. The number of fused-ring (bicyclic) bond motifs is 1. The van der Waals surface area contributed by atoms with Gasteiger partial charge >= 0.3 is 12.3 Å². The largest absolute Gasteiger partial charge is 0.512 e. The lowest BCUT2D eigenvalue weighted by Gasteiger charge is -2.21. The molecule has 13 heteroatoms. The van der Waals surface area contributed by atoms with E-state index in [0.717, 1.165) is 51.4 Å². The molecule has 13 nitrogen and oxygen atoms in total. The third-order valence-corrected chi connectivity index (χ3v) is 6.21. The van der Waals surface area contributed by atoms with Gasteiger partial charge in [0, 0.05) is 20.5 Å². The maximum absolute atomic E-state index is 12.5. The molecule has 198 valence electrons. The molecule has 2 N–H and O–H groups in total. The summed E-state index contributed by atoms with van der Waals surface area (Å²) in [4.78, 5) is 37.5. The van der Waals surface area contributed by atoms with Crippen LogP contribution in [0.2, 0.25) is 0 Å². The van der Waals surface area contributed by atoms with E-state index in [0.29, 0.717) is 29.4 Å². The summed E-state index contributed by atoms with van der Waals surface area (Å²) in [5.41, 5.74) is 0.879. The fourth-order valence-corrected chi connectivity index (χ4v) is 4.36. The Kier molecular flexibility index (Phi) is 8.98. The van der Waals surface area contributed by atoms with Gasteiger partial charge in [-0.05, 0) is 51.4 Å². The predicted molar refractivity (Wildman–Crippen MR) is 129 cm³/mol. The molecule has 2 heterocycles. The van der Waals surface area contributed by atoms with Crippen molar-refractivity contribution in [3.63, 3.8) is 0 Å². The molecule has 2 saturated carbocycles. The molecular formula is C23H34N6O7. The van der Waals surface area contributed by atoms with Crippen LogP contribution in [0.4, 0.5) is 21.4 Å². The molecule has 0 radical (unpaired) electrons. The van der Waals surface area contributed by atoms with Crippen molar-refractivity contribution in [2.75, 3.05) is 37.9 Å². The van der Waals surface area contributed by atoms with Gasteiger partial charge in [0.05, 0.1) is 13.2 Å². The summed E-state index contributed by atoms with van der Waals surface area (Å²) in [7, 11) is 3.42. The number of hydrogen-bond acceptors (Lipinski definition) is 12. The lowest BCUT2D eigenvalue weighted by molar-refractivity contribution is -0.171. The minimum Gasteiger partial charge on any atom is -0.434 e. The Morgan fingerprint density at radius 3 is 2.28 bits per heavy atom. The first-order valence-electron chi connectivity index (χ1n) is 12.5. The molecule has 1 unspecified atom stereocenters. The average molecular weight is 507 g/mol. The number of carbonyl (C=O) groups excluding carboxylic acids is 2. The monoisotopic (exact) mass is 506 g/mol. The van der Waals surface area contributed by atoms with Crippen LogP contribution in [0.25, 0.3) is 11.2 Å². The van der Waals surface area contributed by atoms with E-state index in [-0.39, 0.29) is 25.4 Å². The first kappa shape index (κ1) is 25.7. The van der Waals surface area contributed by atoms with E-state index in [1.807, 2.05) is 0 Å². The molecule has 4 rings (SSSR count). The van der Waals surface area contributed by atoms with E-state index in [4.69, 9.17) is 23.7 Å². The second-order valence-corrected chi connectivity index (χ2v) is 8.77. The summed E-state index contributed by atoms with van der Waals surface area (Å²) in [6, 6.07) is 0. The number of rotatable bonds is 11. The maximum Gasteiger partial charge on any atom is 0.512 e. The standard InChI is InChI=1S/C23H34N6O7/c1-24-18-17-19(28-20(25-2)27-18)29(14-26-17)21(36-23(31)35-16-10-5-6-11-16)32-12-7-13-33-22(30)34-15-8-3-4-9-15/h14-16,21H,3-13H2,1-2H3,(H2,24,25,27,28). The van der Waals surface area contributed by atoms with E-state index >= 15 is 0 Å². The maximum atomic E-state index is 12.5. The number of carbonyl (C=O) groups is 2. The molecule has 2 aromatic heterocycles. The fourth-order valence-electron chi connectivity index (χ4n) is 4.36. The zero-order chi connectivity index (χ0) is 25.3. The van der Waals surface area contributed by atoms with Crippen LogP contribution < -0.4 is 10.6 Å². The quantitative estimate of drug-likeness (QED) is 0.258. The van der Waals surface area contributed by atoms with Gasteiger partial charge in [0.25, 0.3) is 6.41 Å². The smallest absolute Gasteiger partial charge is 0.434 e. The molecule has 36 heavy (non-hydrogen) atoms. The predicted octanol–water partition coefficient (Wildman–Crippen LogP) is 3.96. The van der Waals surface area contributed by atoms with Crippen LogP contribution in [0.15, 0.2) is 6.33 Å². The van der Waals surface area contributed by atoms with E-state index in [2.05, 4.69) is 25.6 Å². The number of imidazole rings is 1. The molecule has 2 aliphatic carbocycles. The highest BCUT2D eigenvalue weighted by molar-refractivity contribution is 5.84. The van der Waals surface area contributed by atoms with Crippen molar-refractivity contribution in [3.8, 4) is 0 Å². The van der Waals surface area contributed by atoms with Crippen molar-refractivity contribution in [1.82, 2.24) is 19.5 Å². The molecule has 0 amide bonds. The van der Waals surface area contributed by atoms with Gasteiger partial charge in [-0.15, -0.1) is 0 Å². The Morgan fingerprint density at radius 1 is 0.972 bits per heavy atom. The number of nitrogens with one attached hydrogen (secondary N) is 2. The molecule has 2 aliphatic rings. The number of nitrogens with zero attached hydrogens (tertiary/aromatic N) is 4. The topological polar surface area (TPSA) is 148 Å². The summed E-state index contributed by atoms with van der Waals surface area (Å²) >= 11 is 0. The van der Waals surface area contributed by atoms with Gasteiger partial charge in [0.15, 0.2) is 17.0 Å². The van der Waals surface area contributed by atoms with Crippen LogP contribution in [0.3, 0.4) is 0 Å².